The Bertz CT molecular complexity index is 1890. The van der Waals surface area contributed by atoms with Crippen molar-refractivity contribution >= 4 is 19.7 Å². The minimum absolute atomic E-state index is 0.0338. The molecule has 0 saturated heterocycles. The first kappa shape index (κ1) is 85.7. The van der Waals surface area contributed by atoms with Crippen LogP contribution in [0.3, 0.4) is 0 Å². The maximum absolute atomic E-state index is 13.7. The van der Waals surface area contributed by atoms with E-state index in [4.69, 9.17) is 13.8 Å². The van der Waals surface area contributed by atoms with Crippen LogP contribution in [0.5, 0.6) is 0 Å². The molecule has 0 fully saturated rings. The first-order valence-corrected chi connectivity index (χ1v) is 38.7. The number of nitrogens with zero attached hydrogens (tertiary/aromatic N) is 1. The zero-order valence-corrected chi connectivity index (χ0v) is 59.8. The van der Waals surface area contributed by atoms with Crippen molar-refractivity contribution in [1.29, 1.82) is 0 Å². The summed E-state index contributed by atoms with van der Waals surface area (Å²) >= 11 is 0. The third-order valence-electron chi connectivity index (χ3n) is 16.2. The number of nitrogens with one attached hydrogen (secondary N) is 1. The van der Waals surface area contributed by atoms with Crippen molar-refractivity contribution in [3.05, 3.63) is 109 Å². The van der Waals surface area contributed by atoms with Gasteiger partial charge in [-0.25, -0.2) is 4.57 Å². The maximum Gasteiger partial charge on any atom is 0.472 e. The van der Waals surface area contributed by atoms with Gasteiger partial charge in [-0.15, -0.1) is 0 Å². The number of quaternary nitrogens is 1. The number of esters is 1. The fraction of sp³-hybridized carbons (Fsp3) is 0.747. The van der Waals surface area contributed by atoms with Crippen molar-refractivity contribution in [2.45, 2.75) is 341 Å². The molecule has 1 amide bonds. The van der Waals surface area contributed by atoms with Gasteiger partial charge in [0.05, 0.1) is 33.8 Å². The van der Waals surface area contributed by atoms with Crippen molar-refractivity contribution in [1.82, 2.24) is 5.32 Å². The molecule has 2 N–H and O–H groups in total. The van der Waals surface area contributed by atoms with E-state index in [1.54, 1.807) is 0 Å². The minimum Gasteiger partial charge on any atom is -0.456 e. The number of phosphoric acid groups is 1. The van der Waals surface area contributed by atoms with Crippen LogP contribution in [0, 0.1) is 0 Å². The highest BCUT2D eigenvalue weighted by molar-refractivity contribution is 7.47. The summed E-state index contributed by atoms with van der Waals surface area (Å²) in [5, 5.41) is 3.07. The highest BCUT2D eigenvalue weighted by Gasteiger charge is 2.30. The lowest BCUT2D eigenvalue weighted by Crippen LogP contribution is -2.47. The van der Waals surface area contributed by atoms with Gasteiger partial charge in [-0.3, -0.25) is 18.6 Å². The second kappa shape index (κ2) is 67.6. The van der Waals surface area contributed by atoms with Gasteiger partial charge in [0, 0.05) is 12.8 Å². The van der Waals surface area contributed by atoms with E-state index < -0.39 is 20.0 Å². The Balaban J connectivity index is 5.09. The molecule has 9 nitrogen and oxygen atoms in total. The smallest absolute Gasteiger partial charge is 0.456 e. The summed E-state index contributed by atoms with van der Waals surface area (Å²) in [6, 6.07) is -0.862. The number of likely N-dealkylation sites (N-methyl/N-ethyl adjacent to an activating group) is 1. The molecule has 0 heterocycles. The zero-order chi connectivity index (χ0) is 64.9. The predicted molar refractivity (Wildman–Crippen MR) is 387 cm³/mol. The number of allylic oxidation sites excluding steroid dienone is 17. The highest BCUT2D eigenvalue weighted by Crippen LogP contribution is 2.43. The number of rotatable bonds is 67. The molecule has 0 aromatic rings. The molecular formula is C79H142N2O7P+. The van der Waals surface area contributed by atoms with Crippen molar-refractivity contribution in [3.8, 4) is 0 Å². The Hall–Kier alpha value is -3.33. The summed E-state index contributed by atoms with van der Waals surface area (Å²) in [6.45, 7) is 6.89. The number of carbonyl (C=O) groups excluding carboxylic acids is 2. The third kappa shape index (κ3) is 68.9. The van der Waals surface area contributed by atoms with Gasteiger partial charge in [0.2, 0.25) is 5.91 Å². The highest BCUT2D eigenvalue weighted by atomic mass is 31.2. The van der Waals surface area contributed by atoms with Gasteiger partial charge in [0.25, 0.3) is 0 Å². The van der Waals surface area contributed by atoms with Gasteiger partial charge >= 0.3 is 13.8 Å². The second-order valence-corrected chi connectivity index (χ2v) is 27.5. The summed E-state index contributed by atoms with van der Waals surface area (Å²) < 4.78 is 30.9. The van der Waals surface area contributed by atoms with Gasteiger partial charge in [-0.05, 0) is 115 Å². The normalized spacial score (nSPS) is 14.1. The summed E-state index contributed by atoms with van der Waals surface area (Å²) in [5.41, 5.74) is 0. The maximum atomic E-state index is 13.7. The van der Waals surface area contributed by atoms with E-state index in [2.05, 4.69) is 123 Å². The average molecular weight is 1260 g/mol. The quantitative estimate of drug-likeness (QED) is 0.0205. The van der Waals surface area contributed by atoms with E-state index in [9.17, 15) is 19.0 Å². The second-order valence-electron chi connectivity index (χ2n) is 26.1. The van der Waals surface area contributed by atoms with Crippen molar-refractivity contribution in [3.63, 3.8) is 0 Å². The lowest BCUT2D eigenvalue weighted by molar-refractivity contribution is -0.870. The number of unbranched alkanes of at least 4 members (excludes halogenated alkanes) is 35. The molecule has 0 spiro atoms. The van der Waals surface area contributed by atoms with Crippen LogP contribution in [0.4, 0.5) is 0 Å². The van der Waals surface area contributed by atoms with E-state index in [-0.39, 0.29) is 31.5 Å². The molecule has 0 rings (SSSR count). The van der Waals surface area contributed by atoms with E-state index in [1.807, 2.05) is 33.3 Å². The van der Waals surface area contributed by atoms with Gasteiger partial charge in [0.1, 0.15) is 19.3 Å². The van der Waals surface area contributed by atoms with Crippen LogP contribution in [-0.4, -0.2) is 74.3 Å². The molecular weight excluding hydrogens is 1120 g/mol. The minimum atomic E-state index is -4.47. The fourth-order valence-corrected chi connectivity index (χ4v) is 11.2. The number of carbonyl (C=O) groups is 2. The molecule has 10 heteroatoms. The molecule has 0 bridgehead atoms. The molecule has 89 heavy (non-hydrogen) atoms. The molecule has 0 aliphatic carbocycles. The molecule has 3 atom stereocenters. The number of ether oxygens (including phenoxy) is 1. The zero-order valence-electron chi connectivity index (χ0n) is 58.9. The molecule has 0 aliphatic heterocycles. The molecule has 0 aliphatic rings. The monoisotopic (exact) mass is 1260 g/mol. The van der Waals surface area contributed by atoms with Crippen LogP contribution in [0.25, 0.3) is 0 Å². The Kier molecular flexibility index (Phi) is 65.0. The first-order chi connectivity index (χ1) is 43.4. The van der Waals surface area contributed by atoms with Crippen LogP contribution in [-0.2, 0) is 27.9 Å². The van der Waals surface area contributed by atoms with Crippen LogP contribution in [0.2, 0.25) is 0 Å². The standard InChI is InChI=1S/C79H141N2O7P/c1-7-10-13-16-19-22-25-28-30-32-34-36-38-40-42-44-46-48-50-53-56-59-62-65-68-71-78(82)80-76(75-87-89(84,85)86-74-73-81(4,5)6)77(70-67-64-61-58-55-52-27-24-21-18-15-12-9-3)88-79(83)72-69-66-63-60-57-54-51-49-47-45-43-41-39-37-35-33-31-29-26-23-20-17-14-11-8-2/h11,14,19-20,22-23,28-31,35,37,41,43,47,49,67,70,76-77H,7-10,12-13,15-18,21,24-27,32-34,36,38-40,42,44-46,48,50-66,68-69,71-75H2,1-6H3,(H-,80,82,84,85)/p+1/b14-11-,22-19-,23-20-,30-28-,31-29-,37-35-,43-41-,49-47-,70-67+. The van der Waals surface area contributed by atoms with E-state index in [0.29, 0.717) is 17.4 Å². The Morgan fingerprint density at radius 2 is 0.719 bits per heavy atom. The molecule has 0 aromatic heterocycles. The van der Waals surface area contributed by atoms with Crippen LogP contribution in [0.1, 0.15) is 329 Å². The van der Waals surface area contributed by atoms with Gasteiger partial charge in [0.15, 0.2) is 0 Å². The lowest BCUT2D eigenvalue weighted by Gasteiger charge is -2.27. The summed E-state index contributed by atoms with van der Waals surface area (Å²) in [6.07, 6.45) is 93.9. The van der Waals surface area contributed by atoms with E-state index in [0.717, 1.165) is 128 Å². The molecule has 0 aromatic carbocycles. The predicted octanol–water partition coefficient (Wildman–Crippen LogP) is 24.0. The van der Waals surface area contributed by atoms with Crippen molar-refractivity contribution in [2.75, 3.05) is 40.9 Å². The fourth-order valence-electron chi connectivity index (χ4n) is 10.5. The summed E-state index contributed by atoms with van der Waals surface area (Å²) in [5.74, 6) is -0.517. The molecule has 3 unspecified atom stereocenters. The topological polar surface area (TPSA) is 111 Å². The number of phosphoric ester groups is 1. The van der Waals surface area contributed by atoms with Crippen LogP contribution >= 0.6 is 7.82 Å². The van der Waals surface area contributed by atoms with Crippen molar-refractivity contribution in [2.24, 2.45) is 0 Å². The van der Waals surface area contributed by atoms with E-state index in [1.165, 1.54) is 167 Å². The first-order valence-electron chi connectivity index (χ1n) is 37.2. The van der Waals surface area contributed by atoms with E-state index >= 15 is 0 Å². The lowest BCUT2D eigenvalue weighted by atomic mass is 10.0. The largest absolute Gasteiger partial charge is 0.472 e. The Labute approximate surface area is 551 Å². The SMILES string of the molecule is CC/C=C\C/C=C\C/C=C\C/C=C\C/C=C\C/C=C\CCCCCCCCC(=O)OC(/C=C/CCCCCCCCCCCCC)C(COP(=O)(O)OCC[N+](C)(C)C)NC(=O)CCCCCCCCCCCCCCCCC/C=C\C/C=C\CCCCC. The average Bonchev–Trinajstić information content (AvgIpc) is 3.54. The number of hydrogen-bond donors (Lipinski definition) is 2. The summed E-state index contributed by atoms with van der Waals surface area (Å²) in [7, 11) is 1.48. The number of hydrogen-bond acceptors (Lipinski definition) is 6. The number of amides is 1. The molecule has 0 saturated carbocycles. The molecule has 514 valence electrons. The van der Waals surface area contributed by atoms with Crippen molar-refractivity contribution < 1.29 is 37.3 Å². The van der Waals surface area contributed by atoms with Gasteiger partial charge in [-0.1, -0.05) is 310 Å². The third-order valence-corrected chi connectivity index (χ3v) is 17.2. The van der Waals surface area contributed by atoms with Gasteiger partial charge in [-0.2, -0.15) is 0 Å². The van der Waals surface area contributed by atoms with Crippen LogP contribution in [0.15, 0.2) is 109 Å². The Morgan fingerprint density at radius 1 is 0.404 bits per heavy atom. The van der Waals surface area contributed by atoms with Gasteiger partial charge < -0.3 is 19.4 Å². The van der Waals surface area contributed by atoms with Crippen LogP contribution < -0.4 is 5.32 Å². The molecule has 0 radical (unpaired) electrons. The Morgan fingerprint density at radius 3 is 1.10 bits per heavy atom. The summed E-state index contributed by atoms with van der Waals surface area (Å²) in [4.78, 5) is 38.0.